The van der Waals surface area contributed by atoms with Gasteiger partial charge in [-0.15, -0.1) is 0 Å². The van der Waals surface area contributed by atoms with Gasteiger partial charge in [0.05, 0.1) is 11.8 Å². The molecular formula is C20H22FN3O2. The molecule has 136 valence electrons. The van der Waals surface area contributed by atoms with Crippen molar-refractivity contribution < 1.29 is 14.0 Å². The van der Waals surface area contributed by atoms with Crippen molar-refractivity contribution in [2.24, 2.45) is 0 Å². The third-order valence-corrected chi connectivity index (χ3v) is 4.74. The standard InChI is InChI=1S/C20H22FN3O2/c1-2-16-14-23(20(26)17-8-10-22-12-18(17)21)11-9-19(25)24(16)13-15-6-4-3-5-7-15/h3-8,10,12,16H,2,9,11,13-14H2,1H3. The van der Waals surface area contributed by atoms with Gasteiger partial charge in [-0.1, -0.05) is 37.3 Å². The zero-order valence-electron chi connectivity index (χ0n) is 14.8. The molecule has 2 aromatic rings. The van der Waals surface area contributed by atoms with Crippen LogP contribution in [0.5, 0.6) is 0 Å². The van der Waals surface area contributed by atoms with Crippen LogP contribution in [0.15, 0.2) is 48.8 Å². The van der Waals surface area contributed by atoms with Crippen LogP contribution < -0.4 is 0 Å². The number of nitrogens with zero attached hydrogens (tertiary/aromatic N) is 3. The Morgan fingerprint density at radius 2 is 2.04 bits per heavy atom. The van der Waals surface area contributed by atoms with Crippen molar-refractivity contribution in [1.82, 2.24) is 14.8 Å². The van der Waals surface area contributed by atoms with Gasteiger partial charge in [0.25, 0.3) is 5.91 Å². The molecule has 1 aliphatic rings. The van der Waals surface area contributed by atoms with Crippen LogP contribution in [-0.4, -0.2) is 45.7 Å². The smallest absolute Gasteiger partial charge is 0.257 e. The van der Waals surface area contributed by atoms with Gasteiger partial charge in [-0.25, -0.2) is 4.39 Å². The first-order chi connectivity index (χ1) is 12.6. The third-order valence-electron chi connectivity index (χ3n) is 4.74. The quantitative estimate of drug-likeness (QED) is 0.847. The van der Waals surface area contributed by atoms with E-state index in [0.717, 1.165) is 18.2 Å². The number of rotatable bonds is 4. The second kappa shape index (κ2) is 8.08. The summed E-state index contributed by atoms with van der Waals surface area (Å²) in [4.78, 5) is 32.5. The summed E-state index contributed by atoms with van der Waals surface area (Å²) in [7, 11) is 0. The van der Waals surface area contributed by atoms with Crippen molar-refractivity contribution in [1.29, 1.82) is 0 Å². The third kappa shape index (κ3) is 3.90. The lowest BCUT2D eigenvalue weighted by Crippen LogP contribution is -2.43. The second-order valence-corrected chi connectivity index (χ2v) is 6.43. The zero-order valence-corrected chi connectivity index (χ0v) is 14.8. The lowest BCUT2D eigenvalue weighted by Gasteiger charge is -2.31. The maximum Gasteiger partial charge on any atom is 0.257 e. The Hall–Kier alpha value is -2.76. The van der Waals surface area contributed by atoms with Gasteiger partial charge in [-0.2, -0.15) is 0 Å². The molecule has 0 saturated carbocycles. The number of carbonyl (C=O) groups is 2. The van der Waals surface area contributed by atoms with Gasteiger partial charge in [-0.3, -0.25) is 14.6 Å². The molecule has 0 N–H and O–H groups in total. The summed E-state index contributed by atoms with van der Waals surface area (Å²) in [6, 6.07) is 11.1. The predicted octanol–water partition coefficient (Wildman–Crippen LogP) is 2.87. The monoisotopic (exact) mass is 355 g/mol. The molecule has 2 amide bonds. The van der Waals surface area contributed by atoms with Gasteiger partial charge in [0, 0.05) is 38.3 Å². The molecule has 1 fully saturated rings. The lowest BCUT2D eigenvalue weighted by molar-refractivity contribution is -0.133. The molecule has 6 heteroatoms. The van der Waals surface area contributed by atoms with Crippen molar-refractivity contribution in [2.45, 2.75) is 32.4 Å². The summed E-state index contributed by atoms with van der Waals surface area (Å²) in [5.74, 6) is -1.01. The van der Waals surface area contributed by atoms with Crippen LogP contribution >= 0.6 is 0 Å². The molecule has 0 bridgehead atoms. The van der Waals surface area contributed by atoms with E-state index in [4.69, 9.17) is 0 Å². The second-order valence-electron chi connectivity index (χ2n) is 6.43. The van der Waals surface area contributed by atoms with E-state index in [1.807, 2.05) is 42.2 Å². The largest absolute Gasteiger partial charge is 0.336 e. The van der Waals surface area contributed by atoms with Crippen molar-refractivity contribution in [3.63, 3.8) is 0 Å². The Bertz CT molecular complexity index is 782. The van der Waals surface area contributed by atoms with Crippen LogP contribution in [0.4, 0.5) is 4.39 Å². The van der Waals surface area contributed by atoms with E-state index in [-0.39, 0.29) is 23.9 Å². The molecule has 26 heavy (non-hydrogen) atoms. The van der Waals surface area contributed by atoms with Crippen molar-refractivity contribution in [3.8, 4) is 0 Å². The Kier molecular flexibility index (Phi) is 5.61. The Morgan fingerprint density at radius 1 is 1.27 bits per heavy atom. The number of hydrogen-bond acceptors (Lipinski definition) is 3. The topological polar surface area (TPSA) is 53.5 Å². The number of benzene rings is 1. The molecular weight excluding hydrogens is 333 g/mol. The molecule has 1 aliphatic heterocycles. The number of hydrogen-bond donors (Lipinski definition) is 0. The maximum absolute atomic E-state index is 13.9. The highest BCUT2D eigenvalue weighted by Crippen LogP contribution is 2.20. The lowest BCUT2D eigenvalue weighted by atomic mass is 10.1. The van der Waals surface area contributed by atoms with Crippen LogP contribution in [0, 0.1) is 5.82 Å². The van der Waals surface area contributed by atoms with Gasteiger partial charge in [-0.05, 0) is 18.1 Å². The first-order valence-corrected chi connectivity index (χ1v) is 8.82. The number of pyridine rings is 1. The van der Waals surface area contributed by atoms with Crippen LogP contribution in [0.25, 0.3) is 0 Å². The molecule has 0 radical (unpaired) electrons. The van der Waals surface area contributed by atoms with Gasteiger partial charge in [0.1, 0.15) is 0 Å². The van der Waals surface area contributed by atoms with Crippen molar-refractivity contribution in [3.05, 3.63) is 65.7 Å². The highest BCUT2D eigenvalue weighted by atomic mass is 19.1. The fraction of sp³-hybridized carbons (Fsp3) is 0.350. The molecule has 0 aliphatic carbocycles. The summed E-state index contributed by atoms with van der Waals surface area (Å²) in [5, 5.41) is 0. The first-order valence-electron chi connectivity index (χ1n) is 8.82. The summed E-state index contributed by atoms with van der Waals surface area (Å²) in [6.07, 6.45) is 3.40. The summed E-state index contributed by atoms with van der Waals surface area (Å²) >= 11 is 0. The Balaban J connectivity index is 1.80. The van der Waals surface area contributed by atoms with E-state index in [9.17, 15) is 14.0 Å². The van der Waals surface area contributed by atoms with E-state index >= 15 is 0 Å². The SMILES string of the molecule is CCC1CN(C(=O)c2ccncc2F)CCC(=O)N1Cc1ccccc1. The van der Waals surface area contributed by atoms with Crippen LogP contribution in [0.3, 0.4) is 0 Å². The highest BCUT2D eigenvalue weighted by Gasteiger charge is 2.31. The molecule has 0 spiro atoms. The van der Waals surface area contributed by atoms with Crippen LogP contribution in [-0.2, 0) is 11.3 Å². The molecule has 1 aromatic heterocycles. The number of amides is 2. The predicted molar refractivity (Wildman–Crippen MR) is 95.8 cm³/mol. The van der Waals surface area contributed by atoms with Gasteiger partial charge >= 0.3 is 0 Å². The summed E-state index contributed by atoms with van der Waals surface area (Å²) < 4.78 is 13.9. The molecule has 3 rings (SSSR count). The highest BCUT2D eigenvalue weighted by molar-refractivity contribution is 5.95. The van der Waals surface area contributed by atoms with E-state index < -0.39 is 11.7 Å². The minimum Gasteiger partial charge on any atom is -0.336 e. The van der Waals surface area contributed by atoms with E-state index in [1.165, 1.54) is 12.3 Å². The zero-order chi connectivity index (χ0) is 18.5. The fourth-order valence-corrected chi connectivity index (χ4v) is 3.27. The molecule has 1 saturated heterocycles. The van der Waals surface area contributed by atoms with E-state index in [1.54, 1.807) is 4.90 Å². The minimum absolute atomic E-state index is 0.00110. The first kappa shape index (κ1) is 18.0. The molecule has 1 atom stereocenters. The molecule has 5 nitrogen and oxygen atoms in total. The Morgan fingerprint density at radius 3 is 2.73 bits per heavy atom. The fourth-order valence-electron chi connectivity index (χ4n) is 3.27. The van der Waals surface area contributed by atoms with Gasteiger partial charge in [0.15, 0.2) is 5.82 Å². The van der Waals surface area contributed by atoms with Crippen LogP contribution in [0.1, 0.15) is 35.7 Å². The summed E-state index contributed by atoms with van der Waals surface area (Å²) in [5.41, 5.74) is 1.05. The maximum atomic E-state index is 13.9. The summed E-state index contributed by atoms with van der Waals surface area (Å²) in [6.45, 7) is 3.21. The normalized spacial score (nSPS) is 17.9. The molecule has 1 aromatic carbocycles. The average Bonchev–Trinajstić information content (AvgIpc) is 2.82. The molecule has 1 unspecified atom stereocenters. The van der Waals surface area contributed by atoms with E-state index in [2.05, 4.69) is 4.98 Å². The van der Waals surface area contributed by atoms with Crippen molar-refractivity contribution >= 4 is 11.8 Å². The minimum atomic E-state index is -0.637. The van der Waals surface area contributed by atoms with Crippen LogP contribution in [0.2, 0.25) is 0 Å². The Labute approximate surface area is 152 Å². The van der Waals surface area contributed by atoms with Crippen molar-refractivity contribution in [2.75, 3.05) is 13.1 Å². The number of aromatic nitrogens is 1. The average molecular weight is 355 g/mol. The van der Waals surface area contributed by atoms with E-state index in [0.29, 0.717) is 19.6 Å². The number of halogens is 1. The molecule has 2 heterocycles. The number of carbonyl (C=O) groups excluding carboxylic acids is 2. The van der Waals surface area contributed by atoms with Gasteiger partial charge < -0.3 is 9.80 Å². The van der Waals surface area contributed by atoms with Gasteiger partial charge in [0.2, 0.25) is 5.91 Å².